The first kappa shape index (κ1) is 16.2. The van der Waals surface area contributed by atoms with Gasteiger partial charge in [-0.1, -0.05) is 37.0 Å². The standard InChI is InChI=1S/C12H16Cl2N2O2S2/c1-7-5-16(6-8(2)19-7)20(17,18)10-4-3-9(13)12(15)11(10)14/h3-4,7-8H,5-6,15H2,1-2H3. The van der Waals surface area contributed by atoms with E-state index in [1.165, 1.54) is 16.4 Å². The maximum Gasteiger partial charge on any atom is 0.244 e. The zero-order chi connectivity index (χ0) is 15.1. The number of anilines is 1. The van der Waals surface area contributed by atoms with E-state index in [-0.39, 0.29) is 31.1 Å². The van der Waals surface area contributed by atoms with Crippen molar-refractivity contribution in [2.24, 2.45) is 0 Å². The van der Waals surface area contributed by atoms with Crippen LogP contribution in [0.1, 0.15) is 13.8 Å². The van der Waals surface area contributed by atoms with Crippen molar-refractivity contribution in [3.8, 4) is 0 Å². The molecule has 20 heavy (non-hydrogen) atoms. The van der Waals surface area contributed by atoms with Crippen LogP contribution in [0.25, 0.3) is 0 Å². The SMILES string of the molecule is CC1CN(S(=O)(=O)c2ccc(Cl)c(N)c2Cl)CC(C)S1. The minimum Gasteiger partial charge on any atom is -0.396 e. The molecule has 112 valence electrons. The fourth-order valence-corrected chi connectivity index (χ4v) is 6.09. The molecular formula is C12H16Cl2N2O2S2. The monoisotopic (exact) mass is 354 g/mol. The number of hydrogen-bond donors (Lipinski definition) is 1. The maximum atomic E-state index is 12.7. The third-order valence-corrected chi connectivity index (χ3v) is 7.05. The highest BCUT2D eigenvalue weighted by molar-refractivity contribution is 8.00. The van der Waals surface area contributed by atoms with Crippen molar-refractivity contribution < 1.29 is 8.42 Å². The van der Waals surface area contributed by atoms with Gasteiger partial charge in [-0.05, 0) is 12.1 Å². The Bertz CT molecular complexity index is 612. The van der Waals surface area contributed by atoms with Gasteiger partial charge in [0.15, 0.2) is 0 Å². The third kappa shape index (κ3) is 3.04. The van der Waals surface area contributed by atoms with Crippen molar-refractivity contribution in [3.05, 3.63) is 22.2 Å². The number of thioether (sulfide) groups is 1. The van der Waals surface area contributed by atoms with Crippen LogP contribution >= 0.6 is 35.0 Å². The molecule has 0 amide bonds. The fourth-order valence-electron chi connectivity index (χ4n) is 2.21. The van der Waals surface area contributed by atoms with Crippen LogP contribution in [0, 0.1) is 0 Å². The minimum atomic E-state index is -3.65. The maximum absolute atomic E-state index is 12.7. The van der Waals surface area contributed by atoms with Crippen LogP contribution in [0.4, 0.5) is 5.69 Å². The summed E-state index contributed by atoms with van der Waals surface area (Å²) in [6.45, 7) is 4.97. The molecular weight excluding hydrogens is 339 g/mol. The van der Waals surface area contributed by atoms with Gasteiger partial charge < -0.3 is 5.73 Å². The number of rotatable bonds is 2. The molecule has 2 rings (SSSR count). The van der Waals surface area contributed by atoms with E-state index in [4.69, 9.17) is 28.9 Å². The zero-order valence-corrected chi connectivity index (χ0v) is 14.3. The van der Waals surface area contributed by atoms with Crippen molar-refractivity contribution >= 4 is 50.7 Å². The highest BCUT2D eigenvalue weighted by Crippen LogP contribution is 2.36. The van der Waals surface area contributed by atoms with Crippen LogP contribution in [0.2, 0.25) is 10.0 Å². The second kappa shape index (κ2) is 5.93. The first-order valence-corrected chi connectivity index (χ1v) is 9.26. The Morgan fingerprint density at radius 1 is 1.25 bits per heavy atom. The number of hydrogen-bond acceptors (Lipinski definition) is 4. The van der Waals surface area contributed by atoms with Gasteiger partial charge in [0.25, 0.3) is 0 Å². The van der Waals surface area contributed by atoms with E-state index >= 15 is 0 Å². The van der Waals surface area contributed by atoms with E-state index in [1.54, 1.807) is 11.8 Å². The topological polar surface area (TPSA) is 63.4 Å². The summed E-state index contributed by atoms with van der Waals surface area (Å²) in [6.07, 6.45) is 0. The summed E-state index contributed by atoms with van der Waals surface area (Å²) < 4.78 is 26.9. The molecule has 2 N–H and O–H groups in total. The Morgan fingerprint density at radius 3 is 2.35 bits per heavy atom. The average Bonchev–Trinajstić information content (AvgIpc) is 2.34. The van der Waals surface area contributed by atoms with Crippen molar-refractivity contribution in [2.45, 2.75) is 29.2 Å². The molecule has 8 heteroatoms. The highest BCUT2D eigenvalue weighted by Gasteiger charge is 2.33. The largest absolute Gasteiger partial charge is 0.396 e. The number of nitrogens with two attached hydrogens (primary N) is 1. The third-order valence-electron chi connectivity index (χ3n) is 3.10. The molecule has 2 atom stereocenters. The molecule has 1 heterocycles. The second-order valence-electron chi connectivity index (χ2n) is 4.85. The van der Waals surface area contributed by atoms with E-state index in [2.05, 4.69) is 0 Å². The van der Waals surface area contributed by atoms with Gasteiger partial charge in [-0.2, -0.15) is 16.1 Å². The molecule has 0 spiro atoms. The van der Waals surface area contributed by atoms with Gasteiger partial charge in [0.2, 0.25) is 10.0 Å². The molecule has 0 aliphatic carbocycles. The quantitative estimate of drug-likeness (QED) is 0.828. The zero-order valence-electron chi connectivity index (χ0n) is 11.1. The van der Waals surface area contributed by atoms with Gasteiger partial charge in [0.05, 0.1) is 15.7 Å². The highest BCUT2D eigenvalue weighted by atomic mass is 35.5. The van der Waals surface area contributed by atoms with Crippen LogP contribution in [0.3, 0.4) is 0 Å². The van der Waals surface area contributed by atoms with Gasteiger partial charge in [-0.3, -0.25) is 0 Å². The number of benzene rings is 1. The van der Waals surface area contributed by atoms with E-state index in [9.17, 15) is 8.42 Å². The summed E-state index contributed by atoms with van der Waals surface area (Å²) in [6, 6.07) is 2.87. The van der Waals surface area contributed by atoms with Crippen LogP contribution in [-0.4, -0.2) is 36.3 Å². The average molecular weight is 355 g/mol. The molecule has 0 radical (unpaired) electrons. The summed E-state index contributed by atoms with van der Waals surface area (Å²) in [7, 11) is -3.65. The van der Waals surface area contributed by atoms with Crippen molar-refractivity contribution in [1.82, 2.24) is 4.31 Å². The Hall–Kier alpha value is -0.140. The molecule has 1 aliphatic heterocycles. The van der Waals surface area contributed by atoms with Crippen molar-refractivity contribution in [1.29, 1.82) is 0 Å². The van der Waals surface area contributed by atoms with Crippen LogP contribution < -0.4 is 5.73 Å². The Balaban J connectivity index is 2.43. The molecule has 0 bridgehead atoms. The summed E-state index contributed by atoms with van der Waals surface area (Å²) >= 11 is 13.7. The Kier molecular flexibility index (Phi) is 4.81. The van der Waals surface area contributed by atoms with Gasteiger partial charge in [0.1, 0.15) is 4.90 Å². The lowest BCUT2D eigenvalue weighted by molar-refractivity contribution is 0.405. The van der Waals surface area contributed by atoms with E-state index in [0.29, 0.717) is 13.1 Å². The molecule has 2 unspecified atom stereocenters. The van der Waals surface area contributed by atoms with Gasteiger partial charge in [-0.25, -0.2) is 8.42 Å². The lowest BCUT2D eigenvalue weighted by atomic mass is 10.3. The second-order valence-corrected chi connectivity index (χ2v) is 9.43. The van der Waals surface area contributed by atoms with Gasteiger partial charge in [-0.15, -0.1) is 0 Å². The summed E-state index contributed by atoms with van der Waals surface area (Å²) in [5.74, 6) is 0. The lowest BCUT2D eigenvalue weighted by Gasteiger charge is -2.33. The molecule has 1 fully saturated rings. The van der Waals surface area contributed by atoms with Gasteiger partial charge in [0, 0.05) is 23.6 Å². The fraction of sp³-hybridized carbons (Fsp3) is 0.500. The van der Waals surface area contributed by atoms with Gasteiger partial charge >= 0.3 is 0 Å². The molecule has 0 saturated carbocycles. The van der Waals surface area contributed by atoms with Crippen LogP contribution in [0.15, 0.2) is 17.0 Å². The van der Waals surface area contributed by atoms with Crippen molar-refractivity contribution in [3.63, 3.8) is 0 Å². The molecule has 1 aromatic rings. The van der Waals surface area contributed by atoms with Crippen molar-refractivity contribution in [2.75, 3.05) is 18.8 Å². The predicted molar refractivity (Wildman–Crippen MR) is 86.1 cm³/mol. The first-order chi connectivity index (χ1) is 9.23. The smallest absolute Gasteiger partial charge is 0.244 e. The Morgan fingerprint density at radius 2 is 1.80 bits per heavy atom. The Labute approximate surface area is 133 Å². The number of nitrogens with zero attached hydrogens (tertiary/aromatic N) is 1. The predicted octanol–water partition coefficient (Wildman–Crippen LogP) is 3.09. The molecule has 1 aromatic carbocycles. The molecule has 1 aliphatic rings. The number of sulfonamides is 1. The molecule has 0 aromatic heterocycles. The molecule has 4 nitrogen and oxygen atoms in total. The number of nitrogen functional groups attached to an aromatic ring is 1. The summed E-state index contributed by atoms with van der Waals surface area (Å²) in [5.41, 5.74) is 5.81. The van der Waals surface area contributed by atoms with E-state index in [1.807, 2.05) is 13.8 Å². The number of halogens is 2. The minimum absolute atomic E-state index is 0.00367. The summed E-state index contributed by atoms with van der Waals surface area (Å²) in [5, 5.41) is 0.745. The van der Waals surface area contributed by atoms with E-state index in [0.717, 1.165) is 0 Å². The molecule has 1 saturated heterocycles. The van der Waals surface area contributed by atoms with E-state index < -0.39 is 10.0 Å². The lowest BCUT2D eigenvalue weighted by Crippen LogP contribution is -2.44. The van der Waals surface area contributed by atoms with Crippen LogP contribution in [0.5, 0.6) is 0 Å². The normalized spacial score (nSPS) is 24.8. The van der Waals surface area contributed by atoms with Crippen LogP contribution in [-0.2, 0) is 10.0 Å². The summed E-state index contributed by atoms with van der Waals surface area (Å²) in [4.78, 5) is 0.0207. The first-order valence-electron chi connectivity index (χ1n) is 6.12.